The Morgan fingerprint density at radius 1 is 1.15 bits per heavy atom. The van der Waals surface area contributed by atoms with Crippen LogP contribution in [0.2, 0.25) is 5.15 Å². The van der Waals surface area contributed by atoms with Crippen LogP contribution < -0.4 is 0 Å². The molecule has 0 amide bonds. The van der Waals surface area contributed by atoms with E-state index < -0.39 is 0 Å². The van der Waals surface area contributed by atoms with Crippen molar-refractivity contribution in [1.82, 2.24) is 4.98 Å². The van der Waals surface area contributed by atoms with E-state index in [1.807, 2.05) is 0 Å². The number of phenols is 1. The smallest absolute Gasteiger partial charge is 0.129 e. The zero-order valence-corrected chi connectivity index (χ0v) is 8.89. The van der Waals surface area contributed by atoms with E-state index >= 15 is 0 Å². The largest absolute Gasteiger partial charge is 0.507 e. The summed E-state index contributed by atoms with van der Waals surface area (Å²) in [5, 5.41) is 10.5. The summed E-state index contributed by atoms with van der Waals surface area (Å²) in [7, 11) is 0. The molecule has 2 rings (SSSR count). The summed E-state index contributed by atoms with van der Waals surface area (Å²) < 4.78 is 0. The second-order valence-corrected chi connectivity index (χ2v) is 2.87. The van der Waals surface area contributed by atoms with Crippen LogP contribution >= 0.6 is 11.6 Å². The van der Waals surface area contributed by atoms with Gasteiger partial charge >= 0.3 is 0 Å². The standard InChI is InChI=1S/C9H6ClNO.Rh/c10-9-5-4-6-7(11-9)2-1-3-8(6)12;/h1-5,12H;. The van der Waals surface area contributed by atoms with Gasteiger partial charge in [0.1, 0.15) is 10.9 Å². The quantitative estimate of drug-likeness (QED) is 0.595. The van der Waals surface area contributed by atoms with Crippen molar-refractivity contribution in [3.8, 4) is 5.75 Å². The third-order valence-electron chi connectivity index (χ3n) is 1.67. The minimum Gasteiger partial charge on any atom is -0.507 e. The molecule has 1 aromatic carbocycles. The van der Waals surface area contributed by atoms with Crippen molar-refractivity contribution < 1.29 is 24.6 Å². The molecule has 69 valence electrons. The third kappa shape index (κ3) is 1.98. The first kappa shape index (κ1) is 10.4. The van der Waals surface area contributed by atoms with Gasteiger partial charge < -0.3 is 5.11 Å². The molecule has 0 saturated carbocycles. The first-order valence-corrected chi connectivity index (χ1v) is 3.89. The van der Waals surface area contributed by atoms with Crippen molar-refractivity contribution in [3.63, 3.8) is 0 Å². The summed E-state index contributed by atoms with van der Waals surface area (Å²) in [4.78, 5) is 4.04. The van der Waals surface area contributed by atoms with Gasteiger partial charge in [0.2, 0.25) is 0 Å². The number of pyridine rings is 1. The molecule has 0 atom stereocenters. The summed E-state index contributed by atoms with van der Waals surface area (Å²) in [6.45, 7) is 0. The maximum Gasteiger partial charge on any atom is 0.129 e. The average Bonchev–Trinajstić information content (AvgIpc) is 2.04. The normalized spacial score (nSPS) is 9.62. The van der Waals surface area contributed by atoms with Crippen molar-refractivity contribution in [2.24, 2.45) is 0 Å². The van der Waals surface area contributed by atoms with Crippen LogP contribution in [-0.2, 0) is 19.5 Å². The number of aromatic nitrogens is 1. The van der Waals surface area contributed by atoms with E-state index in [0.717, 1.165) is 5.39 Å². The second kappa shape index (κ2) is 4.03. The summed E-state index contributed by atoms with van der Waals surface area (Å²) in [6, 6.07) is 8.57. The molecule has 2 aromatic rings. The summed E-state index contributed by atoms with van der Waals surface area (Å²) in [5.74, 6) is 0.233. The Balaban J connectivity index is 0.000000845. The first-order valence-electron chi connectivity index (χ1n) is 3.51. The fourth-order valence-corrected chi connectivity index (χ4v) is 1.27. The molecule has 0 spiro atoms. The van der Waals surface area contributed by atoms with E-state index in [-0.39, 0.29) is 25.2 Å². The van der Waals surface area contributed by atoms with Crippen molar-refractivity contribution in [2.75, 3.05) is 0 Å². The number of aromatic hydroxyl groups is 1. The van der Waals surface area contributed by atoms with E-state index in [4.69, 9.17) is 11.6 Å². The van der Waals surface area contributed by atoms with Crippen LogP contribution in [-0.4, -0.2) is 10.1 Å². The van der Waals surface area contributed by atoms with Crippen LogP contribution in [0.5, 0.6) is 5.75 Å². The molecule has 0 unspecified atom stereocenters. The number of benzene rings is 1. The van der Waals surface area contributed by atoms with Crippen molar-refractivity contribution in [1.29, 1.82) is 0 Å². The van der Waals surface area contributed by atoms with Gasteiger partial charge in [-0.1, -0.05) is 17.7 Å². The number of nitrogens with zero attached hydrogens (tertiary/aromatic N) is 1. The molecule has 1 aromatic heterocycles. The molecule has 0 aliphatic rings. The van der Waals surface area contributed by atoms with E-state index in [0.29, 0.717) is 10.7 Å². The van der Waals surface area contributed by atoms with E-state index in [1.54, 1.807) is 30.3 Å². The van der Waals surface area contributed by atoms with Gasteiger partial charge in [0.05, 0.1) is 5.52 Å². The minimum absolute atomic E-state index is 0. The van der Waals surface area contributed by atoms with Gasteiger partial charge in [-0.05, 0) is 24.3 Å². The Morgan fingerprint density at radius 2 is 1.92 bits per heavy atom. The molecule has 13 heavy (non-hydrogen) atoms. The molecular weight excluding hydrogens is 276 g/mol. The van der Waals surface area contributed by atoms with Gasteiger partial charge in [-0.2, -0.15) is 0 Å². The van der Waals surface area contributed by atoms with Gasteiger partial charge in [-0.3, -0.25) is 0 Å². The maximum atomic E-state index is 9.38. The van der Waals surface area contributed by atoms with Gasteiger partial charge in [-0.15, -0.1) is 0 Å². The number of fused-ring (bicyclic) bond motifs is 1. The number of hydrogen-bond acceptors (Lipinski definition) is 2. The fraction of sp³-hybridized carbons (Fsp3) is 0. The van der Waals surface area contributed by atoms with Crippen LogP contribution in [0.3, 0.4) is 0 Å². The summed E-state index contributed by atoms with van der Waals surface area (Å²) >= 11 is 5.68. The predicted octanol–water partition coefficient (Wildman–Crippen LogP) is 2.59. The van der Waals surface area contributed by atoms with E-state index in [9.17, 15) is 5.11 Å². The Bertz CT molecular complexity index is 433. The molecule has 0 aliphatic carbocycles. The number of hydrogen-bond donors (Lipinski definition) is 1. The summed E-state index contributed by atoms with van der Waals surface area (Å²) in [5.41, 5.74) is 0.711. The third-order valence-corrected chi connectivity index (χ3v) is 1.89. The van der Waals surface area contributed by atoms with Crippen LogP contribution in [0, 0.1) is 0 Å². The van der Waals surface area contributed by atoms with Gasteiger partial charge in [-0.25, -0.2) is 4.98 Å². The SMILES string of the molecule is Oc1cccc2nc(Cl)ccc12.[Rh]. The first-order chi connectivity index (χ1) is 5.77. The minimum atomic E-state index is 0. The van der Waals surface area contributed by atoms with Gasteiger partial charge in [0, 0.05) is 24.9 Å². The summed E-state index contributed by atoms with van der Waals surface area (Å²) in [6.07, 6.45) is 0. The molecule has 1 radical (unpaired) electrons. The molecule has 2 nitrogen and oxygen atoms in total. The zero-order chi connectivity index (χ0) is 8.55. The molecule has 0 bridgehead atoms. The average molecular weight is 283 g/mol. The number of halogens is 1. The Hall–Kier alpha value is -0.657. The van der Waals surface area contributed by atoms with Crippen LogP contribution in [0.1, 0.15) is 0 Å². The predicted molar refractivity (Wildman–Crippen MR) is 48.4 cm³/mol. The van der Waals surface area contributed by atoms with Gasteiger partial charge in [0.15, 0.2) is 0 Å². The monoisotopic (exact) mass is 282 g/mol. The van der Waals surface area contributed by atoms with Crippen molar-refractivity contribution in [2.45, 2.75) is 0 Å². The van der Waals surface area contributed by atoms with Crippen molar-refractivity contribution >= 4 is 22.5 Å². The molecule has 1 N–H and O–H groups in total. The molecule has 0 aliphatic heterocycles. The topological polar surface area (TPSA) is 33.1 Å². The van der Waals surface area contributed by atoms with Crippen molar-refractivity contribution in [3.05, 3.63) is 35.5 Å². The van der Waals surface area contributed by atoms with Gasteiger partial charge in [0.25, 0.3) is 0 Å². The number of phenolic OH excluding ortho intramolecular Hbond substituents is 1. The van der Waals surface area contributed by atoms with E-state index in [1.165, 1.54) is 0 Å². The van der Waals surface area contributed by atoms with Crippen LogP contribution in [0.4, 0.5) is 0 Å². The Labute approximate surface area is 93.3 Å². The van der Waals surface area contributed by atoms with Crippen LogP contribution in [0.25, 0.3) is 10.9 Å². The Kier molecular flexibility index (Phi) is 3.24. The van der Waals surface area contributed by atoms with E-state index in [2.05, 4.69) is 4.98 Å². The molecule has 0 fully saturated rings. The fourth-order valence-electron chi connectivity index (χ4n) is 1.11. The maximum absolute atomic E-state index is 9.38. The molecule has 0 saturated heterocycles. The second-order valence-electron chi connectivity index (χ2n) is 2.48. The molecule has 4 heteroatoms. The zero-order valence-electron chi connectivity index (χ0n) is 6.49. The molecule has 1 heterocycles. The Morgan fingerprint density at radius 3 is 2.69 bits per heavy atom. The molecular formula is C9H6ClNORh. The van der Waals surface area contributed by atoms with Crippen LogP contribution in [0.15, 0.2) is 30.3 Å². The number of rotatable bonds is 0.